The predicted octanol–water partition coefficient (Wildman–Crippen LogP) is 3.15. The zero-order valence-electron chi connectivity index (χ0n) is 11.3. The normalized spacial score (nSPS) is 12.3. The molecule has 0 aromatic heterocycles. The van der Waals surface area contributed by atoms with Crippen molar-refractivity contribution in [3.63, 3.8) is 0 Å². The van der Waals surface area contributed by atoms with E-state index in [0.29, 0.717) is 6.42 Å². The summed E-state index contributed by atoms with van der Waals surface area (Å²) in [6.45, 7) is 5.03. The molecule has 100 valence electrons. The number of carboxylic acids is 1. The first-order valence-electron chi connectivity index (χ1n) is 6.67. The molecule has 0 spiro atoms. The van der Waals surface area contributed by atoms with Gasteiger partial charge in [0.25, 0.3) is 0 Å². The zero-order chi connectivity index (χ0) is 13.4. The monoisotopic (exact) mass is 249 g/mol. The molecule has 1 rings (SSSR count). The Balaban J connectivity index is 2.36. The highest BCUT2D eigenvalue weighted by Crippen LogP contribution is 2.14. The van der Waals surface area contributed by atoms with E-state index in [1.54, 1.807) is 0 Å². The Hall–Kier alpha value is -1.35. The maximum Gasteiger partial charge on any atom is 0.303 e. The Morgan fingerprint density at radius 2 is 2.00 bits per heavy atom. The molecule has 0 heterocycles. The van der Waals surface area contributed by atoms with Crippen LogP contribution in [0.25, 0.3) is 0 Å². The summed E-state index contributed by atoms with van der Waals surface area (Å²) in [7, 11) is 0. The molecule has 2 N–H and O–H groups in total. The van der Waals surface area contributed by atoms with Crippen LogP contribution in [0.3, 0.4) is 0 Å². The van der Waals surface area contributed by atoms with Crippen molar-refractivity contribution in [1.82, 2.24) is 5.32 Å². The SMILES string of the molecule is CCCc1ccc(C(C)NCCCC(=O)O)cc1. The van der Waals surface area contributed by atoms with Crippen molar-refractivity contribution in [3.05, 3.63) is 35.4 Å². The molecule has 0 radical (unpaired) electrons. The van der Waals surface area contributed by atoms with Crippen LogP contribution in [0.2, 0.25) is 0 Å². The summed E-state index contributed by atoms with van der Waals surface area (Å²) in [5, 5.41) is 11.9. The van der Waals surface area contributed by atoms with Crippen LogP contribution in [0.15, 0.2) is 24.3 Å². The lowest BCUT2D eigenvalue weighted by atomic mass is 10.0. The molecule has 18 heavy (non-hydrogen) atoms. The van der Waals surface area contributed by atoms with E-state index >= 15 is 0 Å². The van der Waals surface area contributed by atoms with Crippen LogP contribution in [0, 0.1) is 0 Å². The molecule has 0 saturated carbocycles. The number of aliphatic carboxylic acids is 1. The minimum atomic E-state index is -0.728. The second-order valence-corrected chi connectivity index (χ2v) is 4.66. The molecule has 0 saturated heterocycles. The van der Waals surface area contributed by atoms with Crippen molar-refractivity contribution in [1.29, 1.82) is 0 Å². The van der Waals surface area contributed by atoms with Gasteiger partial charge in [-0.05, 0) is 37.4 Å². The summed E-state index contributed by atoms with van der Waals surface area (Å²) in [6, 6.07) is 8.93. The molecule has 1 aromatic carbocycles. The summed E-state index contributed by atoms with van der Waals surface area (Å²) in [5.41, 5.74) is 2.63. The molecule has 1 aromatic rings. The predicted molar refractivity (Wildman–Crippen MR) is 73.7 cm³/mol. The Bertz CT molecular complexity index is 359. The van der Waals surface area contributed by atoms with Gasteiger partial charge in [0.15, 0.2) is 0 Å². The maximum atomic E-state index is 10.4. The van der Waals surface area contributed by atoms with Crippen molar-refractivity contribution in [3.8, 4) is 0 Å². The number of carbonyl (C=O) groups is 1. The first kappa shape index (κ1) is 14.7. The van der Waals surface area contributed by atoms with Crippen LogP contribution in [0.5, 0.6) is 0 Å². The fourth-order valence-corrected chi connectivity index (χ4v) is 1.94. The van der Waals surface area contributed by atoms with Gasteiger partial charge in [-0.3, -0.25) is 4.79 Å². The first-order valence-corrected chi connectivity index (χ1v) is 6.67. The maximum absolute atomic E-state index is 10.4. The summed E-state index contributed by atoms with van der Waals surface area (Å²) < 4.78 is 0. The van der Waals surface area contributed by atoms with Crippen LogP contribution >= 0.6 is 0 Å². The third kappa shape index (κ3) is 5.32. The summed E-state index contributed by atoms with van der Waals surface area (Å²) in [5.74, 6) is -0.728. The first-order chi connectivity index (χ1) is 8.63. The molecule has 0 amide bonds. The molecule has 1 atom stereocenters. The Morgan fingerprint density at radius 3 is 2.56 bits per heavy atom. The van der Waals surface area contributed by atoms with Gasteiger partial charge >= 0.3 is 5.97 Å². The van der Waals surface area contributed by atoms with Gasteiger partial charge in [0.05, 0.1) is 0 Å². The van der Waals surface area contributed by atoms with E-state index in [-0.39, 0.29) is 12.5 Å². The molecule has 0 bridgehead atoms. The second kappa shape index (κ2) is 7.88. The van der Waals surface area contributed by atoms with Gasteiger partial charge in [0.1, 0.15) is 0 Å². The van der Waals surface area contributed by atoms with Gasteiger partial charge < -0.3 is 10.4 Å². The van der Waals surface area contributed by atoms with Gasteiger partial charge in [-0.15, -0.1) is 0 Å². The minimum absolute atomic E-state index is 0.231. The van der Waals surface area contributed by atoms with E-state index in [4.69, 9.17) is 5.11 Å². The van der Waals surface area contributed by atoms with Crippen LogP contribution in [0.4, 0.5) is 0 Å². The number of carboxylic acid groups (broad SMARTS) is 1. The van der Waals surface area contributed by atoms with Gasteiger partial charge in [-0.1, -0.05) is 37.6 Å². The number of aryl methyl sites for hydroxylation is 1. The van der Waals surface area contributed by atoms with Gasteiger partial charge in [-0.2, -0.15) is 0 Å². The Labute approximate surface area is 109 Å². The Kier molecular flexibility index (Phi) is 6.44. The average molecular weight is 249 g/mol. The van der Waals surface area contributed by atoms with Gasteiger partial charge in [-0.25, -0.2) is 0 Å². The van der Waals surface area contributed by atoms with Crippen LogP contribution in [0.1, 0.15) is 50.3 Å². The van der Waals surface area contributed by atoms with Crippen molar-refractivity contribution in [2.45, 2.75) is 45.6 Å². The lowest BCUT2D eigenvalue weighted by Crippen LogP contribution is -2.20. The average Bonchev–Trinajstić information content (AvgIpc) is 2.35. The molecular weight excluding hydrogens is 226 g/mol. The van der Waals surface area contributed by atoms with E-state index in [1.807, 2.05) is 0 Å². The summed E-state index contributed by atoms with van der Waals surface area (Å²) in [4.78, 5) is 10.4. The molecule has 0 aliphatic heterocycles. The van der Waals surface area contributed by atoms with E-state index < -0.39 is 5.97 Å². The van der Waals surface area contributed by atoms with Gasteiger partial charge in [0, 0.05) is 12.5 Å². The molecule has 0 aliphatic carbocycles. The molecule has 3 heteroatoms. The highest BCUT2D eigenvalue weighted by Gasteiger charge is 2.04. The second-order valence-electron chi connectivity index (χ2n) is 4.66. The quantitative estimate of drug-likeness (QED) is 0.696. The third-order valence-corrected chi connectivity index (χ3v) is 3.04. The number of rotatable bonds is 8. The summed E-state index contributed by atoms with van der Waals surface area (Å²) in [6.07, 6.45) is 3.20. The van der Waals surface area contributed by atoms with E-state index in [2.05, 4.69) is 43.4 Å². The molecule has 3 nitrogen and oxygen atoms in total. The molecule has 0 aliphatic rings. The number of hydrogen-bond acceptors (Lipinski definition) is 2. The standard InChI is InChI=1S/C15H23NO2/c1-3-5-13-7-9-14(10-8-13)12(2)16-11-4-6-15(17)18/h7-10,12,16H,3-6,11H2,1-2H3,(H,17,18). The van der Waals surface area contributed by atoms with E-state index in [0.717, 1.165) is 13.0 Å². The highest BCUT2D eigenvalue weighted by molar-refractivity contribution is 5.66. The molecular formula is C15H23NO2. The fourth-order valence-electron chi connectivity index (χ4n) is 1.94. The van der Waals surface area contributed by atoms with Gasteiger partial charge in [0.2, 0.25) is 0 Å². The van der Waals surface area contributed by atoms with Crippen molar-refractivity contribution in [2.24, 2.45) is 0 Å². The van der Waals surface area contributed by atoms with Crippen LogP contribution in [-0.2, 0) is 11.2 Å². The number of hydrogen-bond donors (Lipinski definition) is 2. The van der Waals surface area contributed by atoms with Crippen molar-refractivity contribution < 1.29 is 9.90 Å². The van der Waals surface area contributed by atoms with E-state index in [9.17, 15) is 4.79 Å². The van der Waals surface area contributed by atoms with Crippen molar-refractivity contribution in [2.75, 3.05) is 6.54 Å². The van der Waals surface area contributed by atoms with Crippen LogP contribution < -0.4 is 5.32 Å². The topological polar surface area (TPSA) is 49.3 Å². The summed E-state index contributed by atoms with van der Waals surface area (Å²) >= 11 is 0. The van der Waals surface area contributed by atoms with Crippen LogP contribution in [-0.4, -0.2) is 17.6 Å². The fraction of sp³-hybridized carbons (Fsp3) is 0.533. The Morgan fingerprint density at radius 1 is 1.33 bits per heavy atom. The smallest absolute Gasteiger partial charge is 0.303 e. The third-order valence-electron chi connectivity index (χ3n) is 3.04. The largest absolute Gasteiger partial charge is 0.481 e. The molecule has 0 fully saturated rings. The number of benzene rings is 1. The lowest BCUT2D eigenvalue weighted by molar-refractivity contribution is -0.137. The van der Waals surface area contributed by atoms with E-state index in [1.165, 1.54) is 17.5 Å². The molecule has 1 unspecified atom stereocenters. The highest BCUT2D eigenvalue weighted by atomic mass is 16.4. The lowest BCUT2D eigenvalue weighted by Gasteiger charge is -2.14. The minimum Gasteiger partial charge on any atom is -0.481 e. The zero-order valence-corrected chi connectivity index (χ0v) is 11.3. The van der Waals surface area contributed by atoms with Crippen molar-refractivity contribution >= 4 is 5.97 Å². The number of nitrogens with one attached hydrogen (secondary N) is 1.